The number of hydrogen-bond donors (Lipinski definition) is 2. The Bertz CT molecular complexity index is 542. The first-order valence-corrected chi connectivity index (χ1v) is 7.85. The Hall–Kier alpha value is -1.99. The fourth-order valence-electron chi connectivity index (χ4n) is 2.29. The Kier molecular flexibility index (Phi) is 6.49. The molecule has 1 saturated heterocycles. The Morgan fingerprint density at radius 1 is 1.35 bits per heavy atom. The van der Waals surface area contributed by atoms with Crippen LogP contribution in [0.5, 0.6) is 0 Å². The Morgan fingerprint density at radius 2 is 2.17 bits per heavy atom. The number of likely N-dealkylation sites (N-methyl/N-ethyl adjacent to an activating group) is 1. The summed E-state index contributed by atoms with van der Waals surface area (Å²) < 4.78 is 5.46. The normalized spacial score (nSPS) is 17.3. The van der Waals surface area contributed by atoms with Gasteiger partial charge in [-0.25, -0.2) is 0 Å². The van der Waals surface area contributed by atoms with Crippen molar-refractivity contribution in [3.8, 4) is 0 Å². The lowest BCUT2D eigenvalue weighted by molar-refractivity contribution is 0.0853. The van der Waals surface area contributed by atoms with E-state index in [0.29, 0.717) is 18.7 Å². The summed E-state index contributed by atoms with van der Waals surface area (Å²) in [5, 5.41) is 5.61. The summed E-state index contributed by atoms with van der Waals surface area (Å²) in [4.78, 5) is 30.2. The molecular weight excluding hydrogens is 296 g/mol. The molecule has 7 heteroatoms. The molecule has 126 valence electrons. The van der Waals surface area contributed by atoms with E-state index in [1.54, 1.807) is 6.07 Å². The topological polar surface area (TPSA) is 83.6 Å². The lowest BCUT2D eigenvalue weighted by atomic mass is 10.2. The monoisotopic (exact) mass is 320 g/mol. The third-order valence-electron chi connectivity index (χ3n) is 3.61. The molecule has 1 aromatic rings. The van der Waals surface area contributed by atoms with Gasteiger partial charge >= 0.3 is 0 Å². The van der Waals surface area contributed by atoms with Crippen LogP contribution < -0.4 is 10.6 Å². The molecule has 2 heterocycles. The predicted molar refractivity (Wildman–Crippen MR) is 86.4 cm³/mol. The van der Waals surface area contributed by atoms with Gasteiger partial charge in [0.05, 0.1) is 6.10 Å². The van der Waals surface area contributed by atoms with Crippen LogP contribution in [0, 0.1) is 0 Å². The maximum Gasteiger partial charge on any atom is 0.269 e. The van der Waals surface area contributed by atoms with E-state index in [2.05, 4.69) is 15.6 Å². The summed E-state index contributed by atoms with van der Waals surface area (Å²) >= 11 is 0. The Balaban J connectivity index is 1.87. The molecule has 0 saturated carbocycles. The van der Waals surface area contributed by atoms with E-state index in [4.69, 9.17) is 4.74 Å². The molecule has 1 unspecified atom stereocenters. The van der Waals surface area contributed by atoms with Crippen molar-refractivity contribution in [3.05, 3.63) is 29.6 Å². The highest BCUT2D eigenvalue weighted by Crippen LogP contribution is 2.11. The summed E-state index contributed by atoms with van der Waals surface area (Å²) in [7, 11) is 3.88. The van der Waals surface area contributed by atoms with Crippen molar-refractivity contribution in [2.24, 2.45) is 0 Å². The number of aromatic nitrogens is 1. The zero-order valence-electron chi connectivity index (χ0n) is 13.7. The van der Waals surface area contributed by atoms with Crippen molar-refractivity contribution in [2.75, 3.05) is 40.3 Å². The fraction of sp³-hybridized carbons (Fsp3) is 0.562. The second-order valence-electron chi connectivity index (χ2n) is 5.83. The van der Waals surface area contributed by atoms with Crippen LogP contribution in [-0.2, 0) is 4.74 Å². The Labute approximate surface area is 136 Å². The average molecular weight is 320 g/mol. The molecule has 1 atom stereocenters. The average Bonchev–Trinajstić information content (AvgIpc) is 3.05. The smallest absolute Gasteiger partial charge is 0.269 e. The molecule has 0 spiro atoms. The summed E-state index contributed by atoms with van der Waals surface area (Å²) in [5.41, 5.74) is 0.671. The van der Waals surface area contributed by atoms with E-state index in [9.17, 15) is 9.59 Å². The minimum atomic E-state index is -0.288. The molecule has 23 heavy (non-hydrogen) atoms. The van der Waals surface area contributed by atoms with Gasteiger partial charge < -0.3 is 20.3 Å². The van der Waals surface area contributed by atoms with Crippen LogP contribution in [0.1, 0.15) is 33.7 Å². The van der Waals surface area contributed by atoms with Crippen LogP contribution in [-0.4, -0.2) is 68.1 Å². The van der Waals surface area contributed by atoms with Crippen molar-refractivity contribution in [1.82, 2.24) is 20.5 Å². The van der Waals surface area contributed by atoms with Crippen LogP contribution in [0.3, 0.4) is 0 Å². The molecule has 2 amide bonds. The number of pyridine rings is 1. The van der Waals surface area contributed by atoms with Gasteiger partial charge in [-0.1, -0.05) is 0 Å². The molecule has 2 rings (SSSR count). The van der Waals surface area contributed by atoms with E-state index in [1.165, 1.54) is 12.3 Å². The number of amides is 2. The number of carbonyl (C=O) groups excluding carboxylic acids is 2. The lowest BCUT2D eigenvalue weighted by Crippen LogP contribution is -2.33. The van der Waals surface area contributed by atoms with E-state index >= 15 is 0 Å². The maximum absolute atomic E-state index is 12.1. The molecule has 0 aliphatic carbocycles. The molecule has 0 aromatic carbocycles. The third-order valence-corrected chi connectivity index (χ3v) is 3.61. The van der Waals surface area contributed by atoms with E-state index in [-0.39, 0.29) is 23.6 Å². The van der Waals surface area contributed by atoms with Gasteiger partial charge in [-0.3, -0.25) is 14.6 Å². The number of nitrogens with zero attached hydrogens (tertiary/aromatic N) is 2. The zero-order chi connectivity index (χ0) is 16.7. The number of hydrogen-bond acceptors (Lipinski definition) is 5. The molecule has 1 aliphatic heterocycles. The molecule has 1 aromatic heterocycles. The number of carbonyl (C=O) groups is 2. The van der Waals surface area contributed by atoms with Gasteiger partial charge in [-0.15, -0.1) is 0 Å². The predicted octanol–water partition coefficient (Wildman–Crippen LogP) is 0.282. The summed E-state index contributed by atoms with van der Waals surface area (Å²) in [6, 6.07) is 3.11. The summed E-state index contributed by atoms with van der Waals surface area (Å²) in [6.07, 6.45) is 3.54. The summed E-state index contributed by atoms with van der Waals surface area (Å²) in [5.74, 6) is -0.495. The second kappa shape index (κ2) is 8.59. The molecule has 1 aliphatic rings. The quantitative estimate of drug-likeness (QED) is 0.754. The third kappa shape index (κ3) is 5.61. The van der Waals surface area contributed by atoms with Crippen molar-refractivity contribution >= 4 is 11.8 Å². The van der Waals surface area contributed by atoms with Gasteiger partial charge in [0.2, 0.25) is 0 Å². The molecule has 2 N–H and O–H groups in total. The Morgan fingerprint density at radius 3 is 2.87 bits per heavy atom. The van der Waals surface area contributed by atoms with Crippen molar-refractivity contribution in [3.63, 3.8) is 0 Å². The largest absolute Gasteiger partial charge is 0.376 e. The van der Waals surface area contributed by atoms with E-state index < -0.39 is 0 Å². The van der Waals surface area contributed by atoms with Gasteiger partial charge in [0, 0.05) is 38.0 Å². The first-order chi connectivity index (χ1) is 11.1. The first kappa shape index (κ1) is 17.4. The maximum atomic E-state index is 12.1. The number of rotatable bonds is 7. The van der Waals surface area contributed by atoms with Crippen molar-refractivity contribution < 1.29 is 14.3 Å². The van der Waals surface area contributed by atoms with Gasteiger partial charge in [0.25, 0.3) is 11.8 Å². The second-order valence-corrected chi connectivity index (χ2v) is 5.83. The standard InChI is InChI=1S/C16H24N4O3/c1-20(2)8-7-18-15(21)12-5-6-17-14(10-12)16(22)19-11-13-4-3-9-23-13/h5-6,10,13H,3-4,7-9,11H2,1-2H3,(H,18,21)(H,19,22). The SMILES string of the molecule is CN(C)CCNC(=O)c1ccnc(C(=O)NCC2CCCO2)c1. The summed E-state index contributed by atoms with van der Waals surface area (Å²) in [6.45, 7) is 2.53. The van der Waals surface area contributed by atoms with Crippen LogP contribution in [0.4, 0.5) is 0 Å². The van der Waals surface area contributed by atoms with Crippen molar-refractivity contribution in [2.45, 2.75) is 18.9 Å². The van der Waals surface area contributed by atoms with Crippen LogP contribution in [0.15, 0.2) is 18.3 Å². The highest BCUT2D eigenvalue weighted by atomic mass is 16.5. The van der Waals surface area contributed by atoms with Gasteiger partial charge in [0.15, 0.2) is 0 Å². The first-order valence-electron chi connectivity index (χ1n) is 7.85. The number of ether oxygens (including phenoxy) is 1. The van der Waals surface area contributed by atoms with Gasteiger partial charge in [0.1, 0.15) is 5.69 Å². The fourth-order valence-corrected chi connectivity index (χ4v) is 2.29. The molecule has 7 nitrogen and oxygen atoms in total. The van der Waals surface area contributed by atoms with E-state index in [1.807, 2.05) is 19.0 Å². The van der Waals surface area contributed by atoms with Crippen LogP contribution >= 0.6 is 0 Å². The highest BCUT2D eigenvalue weighted by molar-refractivity contribution is 5.98. The molecule has 0 radical (unpaired) electrons. The zero-order valence-corrected chi connectivity index (χ0v) is 13.7. The highest BCUT2D eigenvalue weighted by Gasteiger charge is 2.17. The van der Waals surface area contributed by atoms with Gasteiger partial charge in [-0.2, -0.15) is 0 Å². The lowest BCUT2D eigenvalue weighted by Gasteiger charge is -2.12. The minimum Gasteiger partial charge on any atom is -0.376 e. The van der Waals surface area contributed by atoms with Crippen molar-refractivity contribution in [1.29, 1.82) is 0 Å². The van der Waals surface area contributed by atoms with Gasteiger partial charge in [-0.05, 0) is 39.1 Å². The molecule has 0 bridgehead atoms. The van der Waals surface area contributed by atoms with Crippen LogP contribution in [0.2, 0.25) is 0 Å². The van der Waals surface area contributed by atoms with E-state index in [0.717, 1.165) is 26.0 Å². The molecular formula is C16H24N4O3. The molecule has 1 fully saturated rings. The van der Waals surface area contributed by atoms with Crippen LogP contribution in [0.25, 0.3) is 0 Å². The number of nitrogens with one attached hydrogen (secondary N) is 2. The minimum absolute atomic E-state index is 0.0801.